The molecule has 9 nitrogen and oxygen atoms in total. The highest BCUT2D eigenvalue weighted by atomic mass is 35.5. The lowest BCUT2D eigenvalue weighted by molar-refractivity contribution is -0.113. The summed E-state index contributed by atoms with van der Waals surface area (Å²) in [5, 5.41) is 11.3. The van der Waals surface area contributed by atoms with Gasteiger partial charge in [0.15, 0.2) is 16.5 Å². The summed E-state index contributed by atoms with van der Waals surface area (Å²) in [4.78, 5) is 38.2. The van der Waals surface area contributed by atoms with E-state index in [1.54, 1.807) is 18.4 Å². The lowest BCUT2D eigenvalue weighted by Gasteiger charge is -2.26. The number of anilines is 2. The topological polar surface area (TPSA) is 122 Å². The molecule has 2 aromatic heterocycles. The number of carbonyl (C=O) groups is 2. The third-order valence-electron chi connectivity index (χ3n) is 5.29. The molecular formula is C24H19ClN6O3S. The second-order valence-corrected chi connectivity index (χ2v) is 8.99. The first-order valence-corrected chi connectivity index (χ1v) is 11.8. The van der Waals surface area contributed by atoms with Crippen LogP contribution in [0.1, 0.15) is 35.9 Å². The summed E-state index contributed by atoms with van der Waals surface area (Å²) in [7, 11) is 0. The van der Waals surface area contributed by atoms with Crippen LogP contribution < -0.4 is 16.0 Å². The molecule has 176 valence electrons. The molecule has 0 aliphatic carbocycles. The van der Waals surface area contributed by atoms with Crippen molar-refractivity contribution in [3.63, 3.8) is 0 Å². The molecule has 0 spiro atoms. The number of rotatable bonds is 5. The van der Waals surface area contributed by atoms with Gasteiger partial charge in [0.25, 0.3) is 5.91 Å². The number of thiazole rings is 1. The molecular weight excluding hydrogens is 488 g/mol. The Morgan fingerprint density at radius 3 is 2.63 bits per heavy atom. The van der Waals surface area contributed by atoms with Crippen molar-refractivity contribution in [2.45, 2.75) is 19.9 Å². The molecule has 1 aliphatic heterocycles. The largest absolute Gasteiger partial charge is 0.423 e. The molecule has 0 fully saturated rings. The summed E-state index contributed by atoms with van der Waals surface area (Å²) >= 11 is 7.67. The SMILES string of the molecule is CC(=O)c1csc(NC(=O)C2=C(C)NC(Nc3nc4ccccc4o3)=NC2c2ccccc2Cl)n1. The van der Waals surface area contributed by atoms with Gasteiger partial charge in [0.2, 0.25) is 5.96 Å². The molecule has 1 unspecified atom stereocenters. The Balaban J connectivity index is 1.48. The Bertz CT molecular complexity index is 1490. The first-order chi connectivity index (χ1) is 16.9. The number of fused-ring (bicyclic) bond motifs is 1. The zero-order valence-electron chi connectivity index (χ0n) is 18.6. The Kier molecular flexibility index (Phi) is 6.06. The van der Waals surface area contributed by atoms with Crippen LogP contribution in [-0.4, -0.2) is 27.6 Å². The minimum Gasteiger partial charge on any atom is -0.423 e. The van der Waals surface area contributed by atoms with Gasteiger partial charge in [0.05, 0.1) is 5.57 Å². The van der Waals surface area contributed by atoms with E-state index in [0.717, 1.165) is 0 Å². The van der Waals surface area contributed by atoms with Gasteiger partial charge < -0.3 is 9.73 Å². The Morgan fingerprint density at radius 2 is 1.89 bits per heavy atom. The molecule has 5 rings (SSSR count). The van der Waals surface area contributed by atoms with Crippen LogP contribution in [-0.2, 0) is 4.79 Å². The van der Waals surface area contributed by atoms with Gasteiger partial charge in [0.1, 0.15) is 17.3 Å². The van der Waals surface area contributed by atoms with Crippen molar-refractivity contribution in [3.05, 3.63) is 81.5 Å². The monoisotopic (exact) mass is 506 g/mol. The van der Waals surface area contributed by atoms with Gasteiger partial charge in [-0.3, -0.25) is 20.2 Å². The first-order valence-electron chi connectivity index (χ1n) is 10.6. The van der Waals surface area contributed by atoms with E-state index in [-0.39, 0.29) is 11.8 Å². The van der Waals surface area contributed by atoms with Gasteiger partial charge in [0, 0.05) is 28.6 Å². The van der Waals surface area contributed by atoms with E-state index < -0.39 is 11.9 Å². The highest BCUT2D eigenvalue weighted by Crippen LogP contribution is 2.35. The molecule has 1 aliphatic rings. The molecule has 0 saturated heterocycles. The van der Waals surface area contributed by atoms with Crippen molar-refractivity contribution in [1.29, 1.82) is 0 Å². The van der Waals surface area contributed by atoms with Gasteiger partial charge >= 0.3 is 6.01 Å². The Morgan fingerprint density at radius 1 is 1.11 bits per heavy atom. The Labute approximate surface area is 208 Å². The number of benzene rings is 2. The fraction of sp³-hybridized carbons (Fsp3) is 0.125. The van der Waals surface area contributed by atoms with E-state index in [1.807, 2.05) is 42.5 Å². The maximum Gasteiger partial charge on any atom is 0.302 e. The first kappa shape index (κ1) is 22.8. The number of carbonyl (C=O) groups excluding carboxylic acids is 2. The number of aliphatic imine (C=N–C) groups is 1. The number of allylic oxidation sites excluding steroid dienone is 1. The summed E-state index contributed by atoms with van der Waals surface area (Å²) in [6.07, 6.45) is 0. The van der Waals surface area contributed by atoms with E-state index in [0.29, 0.717) is 49.7 Å². The van der Waals surface area contributed by atoms with Crippen LogP contribution in [0.15, 0.2) is 74.6 Å². The summed E-state index contributed by atoms with van der Waals surface area (Å²) in [5.74, 6) is -0.234. The molecule has 2 aromatic carbocycles. The zero-order valence-corrected chi connectivity index (χ0v) is 20.2. The number of nitrogens with zero attached hydrogens (tertiary/aromatic N) is 3. The molecule has 3 N–H and O–H groups in total. The van der Waals surface area contributed by atoms with E-state index >= 15 is 0 Å². The van der Waals surface area contributed by atoms with Crippen molar-refractivity contribution >= 4 is 62.8 Å². The zero-order chi connectivity index (χ0) is 24.5. The lowest BCUT2D eigenvalue weighted by atomic mass is 9.95. The van der Waals surface area contributed by atoms with E-state index in [9.17, 15) is 9.59 Å². The Hall–Kier alpha value is -4.02. The fourth-order valence-electron chi connectivity index (χ4n) is 3.64. The van der Waals surface area contributed by atoms with Gasteiger partial charge in [-0.15, -0.1) is 11.3 Å². The van der Waals surface area contributed by atoms with E-state index in [4.69, 9.17) is 21.0 Å². The van der Waals surface area contributed by atoms with Crippen LogP contribution in [0.3, 0.4) is 0 Å². The highest BCUT2D eigenvalue weighted by Gasteiger charge is 2.31. The molecule has 0 bridgehead atoms. The van der Waals surface area contributed by atoms with Gasteiger partial charge in [-0.05, 0) is 25.1 Å². The third-order valence-corrected chi connectivity index (χ3v) is 6.39. The minimum absolute atomic E-state index is 0.176. The fourth-order valence-corrected chi connectivity index (χ4v) is 4.62. The number of oxazole rings is 1. The normalized spacial score (nSPS) is 15.5. The van der Waals surface area contributed by atoms with Crippen LogP contribution in [0.5, 0.6) is 0 Å². The number of nitrogens with one attached hydrogen (secondary N) is 3. The number of aromatic nitrogens is 2. The van der Waals surface area contributed by atoms with Crippen LogP contribution in [0.25, 0.3) is 11.1 Å². The third kappa shape index (κ3) is 4.66. The van der Waals surface area contributed by atoms with E-state index in [2.05, 4.69) is 25.9 Å². The van der Waals surface area contributed by atoms with Crippen LogP contribution >= 0.6 is 22.9 Å². The number of amides is 1. The van der Waals surface area contributed by atoms with Gasteiger partial charge in [-0.1, -0.05) is 41.9 Å². The predicted molar refractivity (Wildman–Crippen MR) is 136 cm³/mol. The molecule has 1 amide bonds. The number of halogens is 1. The number of Topliss-reactive ketones (excluding diaryl/α,β-unsaturated/α-hetero) is 1. The number of hydrogen-bond acceptors (Lipinski definition) is 9. The summed E-state index contributed by atoms with van der Waals surface area (Å²) in [6.45, 7) is 3.19. The summed E-state index contributed by atoms with van der Waals surface area (Å²) in [5.41, 5.74) is 3.21. The molecule has 35 heavy (non-hydrogen) atoms. The molecule has 11 heteroatoms. The van der Waals surface area contributed by atoms with E-state index in [1.165, 1.54) is 18.3 Å². The number of hydrogen-bond donors (Lipinski definition) is 3. The lowest BCUT2D eigenvalue weighted by Crippen LogP contribution is -2.37. The molecule has 0 saturated carbocycles. The number of ketones is 1. The maximum atomic E-state index is 13.3. The molecule has 0 radical (unpaired) electrons. The van der Waals surface area contributed by atoms with Crippen LogP contribution in [0, 0.1) is 0 Å². The van der Waals surface area contributed by atoms with Crippen molar-refractivity contribution in [1.82, 2.24) is 15.3 Å². The van der Waals surface area contributed by atoms with Crippen LogP contribution in [0.4, 0.5) is 11.1 Å². The molecule has 4 aromatic rings. The molecule has 1 atom stereocenters. The predicted octanol–water partition coefficient (Wildman–Crippen LogP) is 5.17. The van der Waals surface area contributed by atoms with Crippen molar-refractivity contribution in [2.24, 2.45) is 4.99 Å². The smallest absolute Gasteiger partial charge is 0.302 e. The van der Waals surface area contributed by atoms with Crippen LogP contribution in [0.2, 0.25) is 5.02 Å². The van der Waals surface area contributed by atoms with Gasteiger partial charge in [-0.25, -0.2) is 9.98 Å². The summed E-state index contributed by atoms with van der Waals surface area (Å²) < 4.78 is 5.75. The minimum atomic E-state index is -0.718. The number of para-hydroxylation sites is 2. The highest BCUT2D eigenvalue weighted by molar-refractivity contribution is 7.14. The van der Waals surface area contributed by atoms with Crippen molar-refractivity contribution in [3.8, 4) is 0 Å². The second kappa shape index (κ2) is 9.32. The van der Waals surface area contributed by atoms with Crippen molar-refractivity contribution < 1.29 is 14.0 Å². The molecule has 3 heterocycles. The van der Waals surface area contributed by atoms with Crippen molar-refractivity contribution in [2.75, 3.05) is 10.6 Å². The number of guanidine groups is 1. The second-order valence-electron chi connectivity index (χ2n) is 7.73. The average Bonchev–Trinajstić information content (AvgIpc) is 3.45. The quantitative estimate of drug-likeness (QED) is 0.319. The van der Waals surface area contributed by atoms with Gasteiger partial charge in [-0.2, -0.15) is 4.98 Å². The summed E-state index contributed by atoms with van der Waals surface area (Å²) in [6, 6.07) is 14.1. The standard InChI is InChI=1S/C24H19ClN6O3S/c1-12-19(21(33)30-24-28-17(11-35-24)13(2)32)20(14-7-3-4-8-15(14)25)29-22(26-12)31-23-27-16-9-5-6-10-18(16)34-23/h3-11,20H,1-2H3,(H,28,30,33)(H2,26,27,29,31). The average molecular weight is 507 g/mol. The maximum absolute atomic E-state index is 13.3.